The zero-order chi connectivity index (χ0) is 14.7. The smallest absolute Gasteiger partial charge is 0.268 e. The summed E-state index contributed by atoms with van der Waals surface area (Å²) in [4.78, 5) is 7.97. The van der Waals surface area contributed by atoms with E-state index in [0.29, 0.717) is 11.7 Å². The SMILES string of the molecule is CCc1ccsc1-c1nc(C(N)CN2CCCCC2)no1. The Kier molecular flexibility index (Phi) is 4.67. The summed E-state index contributed by atoms with van der Waals surface area (Å²) in [6.07, 6.45) is 4.82. The zero-order valence-electron chi connectivity index (χ0n) is 12.4. The van der Waals surface area contributed by atoms with Crippen LogP contribution in [-0.4, -0.2) is 34.7 Å². The Morgan fingerprint density at radius 2 is 2.19 bits per heavy atom. The molecule has 21 heavy (non-hydrogen) atoms. The number of piperidine rings is 1. The number of likely N-dealkylation sites (tertiary alicyclic amines) is 1. The summed E-state index contributed by atoms with van der Waals surface area (Å²) in [6, 6.07) is 1.93. The summed E-state index contributed by atoms with van der Waals surface area (Å²) in [5.41, 5.74) is 7.49. The highest BCUT2D eigenvalue weighted by molar-refractivity contribution is 7.13. The van der Waals surface area contributed by atoms with Gasteiger partial charge in [-0.3, -0.25) is 0 Å². The lowest BCUT2D eigenvalue weighted by molar-refractivity contribution is 0.213. The van der Waals surface area contributed by atoms with Gasteiger partial charge in [0.25, 0.3) is 5.89 Å². The zero-order valence-corrected chi connectivity index (χ0v) is 13.2. The maximum absolute atomic E-state index is 6.24. The Labute approximate surface area is 129 Å². The minimum atomic E-state index is -0.175. The molecule has 2 aromatic rings. The first-order valence-electron chi connectivity index (χ1n) is 7.66. The molecule has 0 bridgehead atoms. The van der Waals surface area contributed by atoms with Crippen molar-refractivity contribution in [1.29, 1.82) is 0 Å². The van der Waals surface area contributed by atoms with Crippen molar-refractivity contribution >= 4 is 11.3 Å². The summed E-state index contributed by atoms with van der Waals surface area (Å²) in [7, 11) is 0. The summed E-state index contributed by atoms with van der Waals surface area (Å²) >= 11 is 1.64. The van der Waals surface area contributed by atoms with Gasteiger partial charge in [-0.1, -0.05) is 18.5 Å². The van der Waals surface area contributed by atoms with E-state index in [4.69, 9.17) is 10.3 Å². The first kappa shape index (κ1) is 14.7. The second kappa shape index (κ2) is 6.68. The van der Waals surface area contributed by atoms with Crippen LogP contribution in [0.5, 0.6) is 0 Å². The Balaban J connectivity index is 1.69. The highest BCUT2D eigenvalue weighted by Crippen LogP contribution is 2.29. The Morgan fingerprint density at radius 1 is 1.38 bits per heavy atom. The molecule has 0 radical (unpaired) electrons. The topological polar surface area (TPSA) is 68.2 Å². The second-order valence-corrected chi connectivity index (χ2v) is 6.47. The maximum Gasteiger partial charge on any atom is 0.268 e. The molecule has 1 unspecified atom stereocenters. The monoisotopic (exact) mass is 306 g/mol. The molecule has 3 rings (SSSR count). The Morgan fingerprint density at radius 3 is 2.95 bits per heavy atom. The molecule has 1 aliphatic heterocycles. The van der Waals surface area contributed by atoms with Gasteiger partial charge in [0.05, 0.1) is 10.9 Å². The molecule has 6 heteroatoms. The lowest BCUT2D eigenvalue weighted by Gasteiger charge is -2.27. The van der Waals surface area contributed by atoms with Crippen LogP contribution < -0.4 is 5.73 Å². The highest BCUT2D eigenvalue weighted by Gasteiger charge is 2.21. The van der Waals surface area contributed by atoms with Crippen molar-refractivity contribution in [3.63, 3.8) is 0 Å². The first-order chi connectivity index (χ1) is 10.3. The van der Waals surface area contributed by atoms with E-state index in [2.05, 4.69) is 33.4 Å². The molecule has 0 spiro atoms. The van der Waals surface area contributed by atoms with E-state index in [0.717, 1.165) is 30.9 Å². The molecule has 0 aromatic carbocycles. The van der Waals surface area contributed by atoms with Crippen LogP contribution in [0.15, 0.2) is 16.0 Å². The number of nitrogens with zero attached hydrogens (tertiary/aromatic N) is 3. The van der Waals surface area contributed by atoms with E-state index in [1.54, 1.807) is 11.3 Å². The largest absolute Gasteiger partial charge is 0.333 e. The number of aromatic nitrogens is 2. The third kappa shape index (κ3) is 3.33. The van der Waals surface area contributed by atoms with Crippen LogP contribution in [0.4, 0.5) is 0 Å². The summed E-state index contributed by atoms with van der Waals surface area (Å²) < 4.78 is 5.41. The minimum Gasteiger partial charge on any atom is -0.333 e. The van der Waals surface area contributed by atoms with Crippen LogP contribution in [0.2, 0.25) is 0 Å². The molecule has 2 aromatic heterocycles. The summed E-state index contributed by atoms with van der Waals surface area (Å²) in [6.45, 7) is 5.20. The predicted molar refractivity (Wildman–Crippen MR) is 84.2 cm³/mol. The van der Waals surface area contributed by atoms with Crippen LogP contribution in [0.3, 0.4) is 0 Å². The third-order valence-electron chi connectivity index (χ3n) is 4.00. The van der Waals surface area contributed by atoms with Gasteiger partial charge in [0, 0.05) is 6.54 Å². The van der Waals surface area contributed by atoms with Gasteiger partial charge in [0.1, 0.15) is 0 Å². The molecule has 1 saturated heterocycles. The standard InChI is InChI=1S/C15H22N4OS/c1-2-11-6-9-21-13(11)15-17-14(18-20-15)12(16)10-19-7-4-3-5-8-19/h6,9,12H,2-5,7-8,10,16H2,1H3. The van der Waals surface area contributed by atoms with E-state index in [9.17, 15) is 0 Å². The maximum atomic E-state index is 6.24. The fraction of sp³-hybridized carbons (Fsp3) is 0.600. The van der Waals surface area contributed by atoms with Gasteiger partial charge in [-0.25, -0.2) is 0 Å². The number of hydrogen-bond acceptors (Lipinski definition) is 6. The summed E-state index contributed by atoms with van der Waals surface area (Å²) in [5, 5.41) is 6.14. The highest BCUT2D eigenvalue weighted by atomic mass is 32.1. The molecule has 0 saturated carbocycles. The fourth-order valence-corrected chi connectivity index (χ4v) is 3.70. The van der Waals surface area contributed by atoms with Crippen LogP contribution in [0, 0.1) is 0 Å². The Bertz CT molecular complexity index is 574. The van der Waals surface area contributed by atoms with Crippen molar-refractivity contribution in [2.45, 2.75) is 38.6 Å². The van der Waals surface area contributed by atoms with Crippen LogP contribution >= 0.6 is 11.3 Å². The van der Waals surface area contributed by atoms with Crippen LogP contribution in [0.1, 0.15) is 43.6 Å². The van der Waals surface area contributed by atoms with Crippen molar-refractivity contribution < 1.29 is 4.52 Å². The van der Waals surface area contributed by atoms with Crippen LogP contribution in [-0.2, 0) is 6.42 Å². The lowest BCUT2D eigenvalue weighted by atomic mass is 10.1. The fourth-order valence-electron chi connectivity index (χ4n) is 2.78. The molecular formula is C15H22N4OS. The molecule has 0 amide bonds. The summed E-state index contributed by atoms with van der Waals surface area (Å²) in [5.74, 6) is 1.22. The van der Waals surface area contributed by atoms with Crippen molar-refractivity contribution in [3.05, 3.63) is 22.8 Å². The van der Waals surface area contributed by atoms with Crippen molar-refractivity contribution in [2.75, 3.05) is 19.6 Å². The van der Waals surface area contributed by atoms with E-state index < -0.39 is 0 Å². The van der Waals surface area contributed by atoms with E-state index >= 15 is 0 Å². The average molecular weight is 306 g/mol. The van der Waals surface area contributed by atoms with Crippen molar-refractivity contribution in [3.8, 4) is 10.8 Å². The number of rotatable bonds is 5. The van der Waals surface area contributed by atoms with Gasteiger partial charge in [-0.15, -0.1) is 11.3 Å². The Hall–Kier alpha value is -1.24. The quantitative estimate of drug-likeness (QED) is 0.920. The van der Waals surface area contributed by atoms with Crippen molar-refractivity contribution in [1.82, 2.24) is 15.0 Å². The number of aryl methyl sites for hydroxylation is 1. The molecule has 3 heterocycles. The molecule has 5 nitrogen and oxygen atoms in total. The van der Waals surface area contributed by atoms with Gasteiger partial charge < -0.3 is 15.2 Å². The van der Waals surface area contributed by atoms with E-state index in [1.165, 1.54) is 24.8 Å². The van der Waals surface area contributed by atoms with Gasteiger partial charge in [-0.2, -0.15) is 4.98 Å². The van der Waals surface area contributed by atoms with Gasteiger partial charge in [0.15, 0.2) is 5.82 Å². The minimum absolute atomic E-state index is 0.175. The molecular weight excluding hydrogens is 284 g/mol. The molecule has 1 atom stereocenters. The van der Waals surface area contributed by atoms with Crippen molar-refractivity contribution in [2.24, 2.45) is 5.73 Å². The molecule has 0 aliphatic carbocycles. The number of thiophene rings is 1. The molecule has 1 aliphatic rings. The number of hydrogen-bond donors (Lipinski definition) is 1. The molecule has 114 valence electrons. The molecule has 1 fully saturated rings. The van der Waals surface area contributed by atoms with Gasteiger partial charge in [0.2, 0.25) is 0 Å². The van der Waals surface area contributed by atoms with Gasteiger partial charge >= 0.3 is 0 Å². The average Bonchev–Trinajstić information content (AvgIpc) is 3.16. The predicted octanol–water partition coefficient (Wildman–Crippen LogP) is 2.85. The van der Waals surface area contributed by atoms with E-state index in [-0.39, 0.29) is 6.04 Å². The second-order valence-electron chi connectivity index (χ2n) is 5.55. The molecule has 2 N–H and O–H groups in total. The third-order valence-corrected chi connectivity index (χ3v) is 4.94. The first-order valence-corrected chi connectivity index (χ1v) is 8.54. The van der Waals surface area contributed by atoms with Crippen LogP contribution in [0.25, 0.3) is 10.8 Å². The van der Waals surface area contributed by atoms with E-state index in [1.807, 2.05) is 0 Å². The normalized spacial score (nSPS) is 18.0. The van der Waals surface area contributed by atoms with Gasteiger partial charge in [-0.05, 0) is 49.4 Å². The number of nitrogens with two attached hydrogens (primary N) is 1. The lowest BCUT2D eigenvalue weighted by Crippen LogP contribution is -2.36.